The molecule has 0 aromatic carbocycles. The predicted molar refractivity (Wildman–Crippen MR) is 65.5 cm³/mol. The number of rotatable bonds is 4. The molecular formula is C12H13NO3S. The molecule has 0 radical (unpaired) electrons. The fourth-order valence-electron chi connectivity index (χ4n) is 1.58. The molecule has 0 amide bonds. The third-order valence-corrected chi connectivity index (χ3v) is 3.32. The maximum absolute atomic E-state index is 11.0. The first-order valence-corrected chi connectivity index (χ1v) is 6.23. The molecule has 2 rings (SSSR count). The van der Waals surface area contributed by atoms with E-state index in [-0.39, 0.29) is 5.76 Å². The molecule has 0 aliphatic carbocycles. The Bertz CT molecular complexity index is 542. The van der Waals surface area contributed by atoms with Crippen molar-refractivity contribution in [2.24, 2.45) is 0 Å². The molecule has 0 aliphatic rings. The Morgan fingerprint density at radius 2 is 2.29 bits per heavy atom. The molecule has 0 fully saturated rings. The maximum atomic E-state index is 11.0. The third kappa shape index (κ3) is 2.39. The number of nitrogens with zero attached hydrogens (tertiary/aromatic N) is 1. The van der Waals surface area contributed by atoms with Crippen molar-refractivity contribution < 1.29 is 14.3 Å². The Balaban J connectivity index is 2.43. The largest absolute Gasteiger partial charge is 0.475 e. The fraction of sp³-hybridized carbons (Fsp3) is 0.333. The normalized spacial score (nSPS) is 10.7. The summed E-state index contributed by atoms with van der Waals surface area (Å²) in [5.74, 6) is -0.683. The van der Waals surface area contributed by atoms with Crippen LogP contribution in [-0.4, -0.2) is 16.1 Å². The molecule has 0 saturated carbocycles. The van der Waals surface area contributed by atoms with E-state index in [1.165, 1.54) is 0 Å². The maximum Gasteiger partial charge on any atom is 0.373 e. The van der Waals surface area contributed by atoms with Crippen LogP contribution in [0.5, 0.6) is 0 Å². The van der Waals surface area contributed by atoms with Gasteiger partial charge in [-0.05, 0) is 25.5 Å². The summed E-state index contributed by atoms with van der Waals surface area (Å²) in [5, 5.41) is 9.03. The first-order valence-electron chi connectivity index (χ1n) is 5.41. The van der Waals surface area contributed by atoms with Gasteiger partial charge in [0.15, 0.2) is 0 Å². The van der Waals surface area contributed by atoms with Gasteiger partial charge < -0.3 is 9.52 Å². The summed E-state index contributed by atoms with van der Waals surface area (Å²) >= 11 is 1.54. The lowest BCUT2D eigenvalue weighted by molar-refractivity contribution is 0.0662. The van der Waals surface area contributed by atoms with Gasteiger partial charge in [-0.15, -0.1) is 11.3 Å². The zero-order valence-corrected chi connectivity index (χ0v) is 10.5. The third-order valence-electron chi connectivity index (χ3n) is 2.33. The highest BCUT2D eigenvalue weighted by Gasteiger charge is 2.20. The van der Waals surface area contributed by atoms with Crippen LogP contribution in [0.4, 0.5) is 0 Å². The highest BCUT2D eigenvalue weighted by Crippen LogP contribution is 2.29. The van der Waals surface area contributed by atoms with Crippen LogP contribution in [-0.2, 0) is 6.42 Å². The van der Waals surface area contributed by atoms with Crippen LogP contribution < -0.4 is 0 Å². The van der Waals surface area contributed by atoms with Crippen LogP contribution in [0.1, 0.15) is 34.5 Å². The van der Waals surface area contributed by atoms with E-state index in [1.54, 1.807) is 11.3 Å². The molecule has 4 nitrogen and oxygen atoms in total. The summed E-state index contributed by atoms with van der Waals surface area (Å²) in [6.07, 6.45) is 1.46. The van der Waals surface area contributed by atoms with Gasteiger partial charge in [0.05, 0.1) is 10.6 Å². The van der Waals surface area contributed by atoms with Crippen LogP contribution in [0.2, 0.25) is 0 Å². The van der Waals surface area contributed by atoms with Crippen LogP contribution in [0.15, 0.2) is 16.5 Å². The van der Waals surface area contributed by atoms with Gasteiger partial charge >= 0.3 is 5.97 Å². The van der Waals surface area contributed by atoms with Crippen molar-refractivity contribution in [3.63, 3.8) is 0 Å². The van der Waals surface area contributed by atoms with Crippen LogP contribution in [0.3, 0.4) is 0 Å². The molecule has 2 aromatic heterocycles. The Hall–Kier alpha value is -1.62. The Morgan fingerprint density at radius 1 is 1.53 bits per heavy atom. The molecule has 0 spiro atoms. The molecule has 2 aromatic rings. The van der Waals surface area contributed by atoms with Crippen LogP contribution >= 0.6 is 11.3 Å². The van der Waals surface area contributed by atoms with Crippen molar-refractivity contribution in [3.8, 4) is 10.8 Å². The van der Waals surface area contributed by atoms with E-state index in [2.05, 4.69) is 4.98 Å². The number of thiophene rings is 1. The van der Waals surface area contributed by atoms with E-state index in [9.17, 15) is 4.79 Å². The molecule has 90 valence electrons. The summed E-state index contributed by atoms with van der Waals surface area (Å²) in [6.45, 7) is 3.97. The molecular weight excluding hydrogens is 238 g/mol. The Labute approximate surface area is 103 Å². The second-order valence-corrected chi connectivity index (χ2v) is 5.05. The van der Waals surface area contributed by atoms with Crippen LogP contribution in [0.25, 0.3) is 10.8 Å². The predicted octanol–water partition coefficient (Wildman–Crippen LogP) is 3.36. The summed E-state index contributed by atoms with van der Waals surface area (Å²) in [7, 11) is 0. The minimum Gasteiger partial charge on any atom is -0.475 e. The molecule has 5 heteroatoms. The lowest BCUT2D eigenvalue weighted by Crippen LogP contribution is -1.99. The first kappa shape index (κ1) is 11.9. The van der Waals surface area contributed by atoms with Crippen molar-refractivity contribution in [2.45, 2.75) is 26.7 Å². The van der Waals surface area contributed by atoms with E-state index in [0.717, 1.165) is 16.2 Å². The molecule has 1 N–H and O–H groups in total. The Kier molecular flexibility index (Phi) is 3.28. The SMILES string of the molecule is CCCc1nc(-c2ccc(C)s2)oc1C(=O)O. The lowest BCUT2D eigenvalue weighted by Gasteiger charge is -1.91. The number of aromatic nitrogens is 1. The number of hydrogen-bond donors (Lipinski definition) is 1. The summed E-state index contributed by atoms with van der Waals surface area (Å²) in [4.78, 5) is 17.3. The van der Waals surface area contributed by atoms with Crippen molar-refractivity contribution in [1.82, 2.24) is 4.98 Å². The van der Waals surface area contributed by atoms with Crippen molar-refractivity contribution in [3.05, 3.63) is 28.5 Å². The quantitative estimate of drug-likeness (QED) is 0.905. The fourth-order valence-corrected chi connectivity index (χ4v) is 2.37. The summed E-state index contributed by atoms with van der Waals surface area (Å²) in [5.41, 5.74) is 0.529. The highest BCUT2D eigenvalue weighted by atomic mass is 32.1. The van der Waals surface area contributed by atoms with Gasteiger partial charge in [-0.2, -0.15) is 0 Å². The molecule has 17 heavy (non-hydrogen) atoms. The summed E-state index contributed by atoms with van der Waals surface area (Å²) < 4.78 is 5.33. The minimum absolute atomic E-state index is 0.0343. The van der Waals surface area contributed by atoms with E-state index >= 15 is 0 Å². The van der Waals surface area contributed by atoms with Gasteiger partial charge in [-0.25, -0.2) is 9.78 Å². The number of aryl methyl sites for hydroxylation is 2. The highest BCUT2D eigenvalue weighted by molar-refractivity contribution is 7.15. The van der Waals surface area contributed by atoms with E-state index in [1.807, 2.05) is 26.0 Å². The van der Waals surface area contributed by atoms with E-state index < -0.39 is 5.97 Å². The average molecular weight is 251 g/mol. The van der Waals surface area contributed by atoms with Gasteiger partial charge in [-0.1, -0.05) is 13.3 Å². The smallest absolute Gasteiger partial charge is 0.373 e. The van der Waals surface area contributed by atoms with Crippen molar-refractivity contribution in [2.75, 3.05) is 0 Å². The topological polar surface area (TPSA) is 63.3 Å². The molecule has 0 atom stereocenters. The van der Waals surface area contributed by atoms with E-state index in [4.69, 9.17) is 9.52 Å². The van der Waals surface area contributed by atoms with E-state index in [0.29, 0.717) is 18.0 Å². The summed E-state index contributed by atoms with van der Waals surface area (Å²) in [6, 6.07) is 3.86. The van der Waals surface area contributed by atoms with Gasteiger partial charge in [0.2, 0.25) is 11.7 Å². The molecule has 0 bridgehead atoms. The molecule has 0 saturated heterocycles. The van der Waals surface area contributed by atoms with Crippen LogP contribution in [0, 0.1) is 6.92 Å². The van der Waals surface area contributed by atoms with Crippen molar-refractivity contribution in [1.29, 1.82) is 0 Å². The number of hydrogen-bond acceptors (Lipinski definition) is 4. The van der Waals surface area contributed by atoms with Gasteiger partial charge in [0, 0.05) is 4.88 Å². The second kappa shape index (κ2) is 4.71. The number of carbonyl (C=O) groups is 1. The minimum atomic E-state index is -1.06. The molecule has 0 unspecified atom stereocenters. The molecule has 2 heterocycles. The van der Waals surface area contributed by atoms with Gasteiger partial charge in [0.25, 0.3) is 0 Å². The van der Waals surface area contributed by atoms with Crippen molar-refractivity contribution >= 4 is 17.3 Å². The monoisotopic (exact) mass is 251 g/mol. The lowest BCUT2D eigenvalue weighted by atomic mass is 10.2. The zero-order valence-electron chi connectivity index (χ0n) is 9.69. The van der Waals surface area contributed by atoms with Gasteiger partial charge in [0.1, 0.15) is 0 Å². The van der Waals surface area contributed by atoms with Gasteiger partial charge in [-0.3, -0.25) is 0 Å². The number of aromatic carboxylic acids is 1. The molecule has 0 aliphatic heterocycles. The number of oxazole rings is 1. The first-order chi connectivity index (χ1) is 8.11. The number of carboxylic acid groups (broad SMARTS) is 1. The number of carboxylic acids is 1. The average Bonchev–Trinajstić information content (AvgIpc) is 2.85. The standard InChI is InChI=1S/C12H13NO3S/c1-3-4-8-10(12(14)15)16-11(13-8)9-6-5-7(2)17-9/h5-6H,3-4H2,1-2H3,(H,14,15). The zero-order chi connectivity index (χ0) is 12.4. The Morgan fingerprint density at radius 3 is 2.82 bits per heavy atom. The second-order valence-electron chi connectivity index (χ2n) is 3.76.